The first-order chi connectivity index (χ1) is 8.02. The van der Waals surface area contributed by atoms with Crippen LogP contribution in [0.3, 0.4) is 0 Å². The maximum absolute atomic E-state index is 7.80. The molecule has 0 atom stereocenters. The van der Waals surface area contributed by atoms with Crippen LogP contribution in [0.2, 0.25) is 10.0 Å². The van der Waals surface area contributed by atoms with Crippen LogP contribution in [0, 0.1) is 10.8 Å². The fourth-order valence-electron chi connectivity index (χ4n) is 2.24. The Balaban J connectivity index is 2.87. The van der Waals surface area contributed by atoms with Crippen molar-refractivity contribution in [1.82, 2.24) is 5.32 Å². The van der Waals surface area contributed by atoms with E-state index in [0.29, 0.717) is 21.2 Å². The van der Waals surface area contributed by atoms with E-state index in [1.54, 1.807) is 0 Å². The molecule has 0 aromatic heterocycles. The molecule has 1 aliphatic rings. The van der Waals surface area contributed by atoms with Crippen molar-refractivity contribution in [2.24, 2.45) is 0 Å². The molecule has 90 valence electrons. The second kappa shape index (κ2) is 4.31. The first-order valence-electron chi connectivity index (χ1n) is 5.50. The summed E-state index contributed by atoms with van der Waals surface area (Å²) in [5.41, 5.74) is 3.10. The predicted octanol–water partition coefficient (Wildman–Crippen LogP) is 3.37. The molecule has 0 radical (unpaired) electrons. The van der Waals surface area contributed by atoms with Crippen LogP contribution >= 0.6 is 23.2 Å². The summed E-state index contributed by atoms with van der Waals surface area (Å²) in [6.45, 7) is 4.03. The van der Waals surface area contributed by atoms with Gasteiger partial charge in [0.05, 0.1) is 10.0 Å². The molecule has 0 saturated heterocycles. The second-order valence-corrected chi connectivity index (χ2v) is 4.67. The third kappa shape index (κ3) is 1.65. The highest BCUT2D eigenvalue weighted by molar-refractivity contribution is 6.43. The van der Waals surface area contributed by atoms with Gasteiger partial charge in [-0.1, -0.05) is 37.0 Å². The minimum atomic E-state index is 0.161. The lowest BCUT2D eigenvalue weighted by atomic mass is 9.95. The van der Waals surface area contributed by atoms with E-state index in [0.717, 1.165) is 24.0 Å². The number of halogens is 2. The van der Waals surface area contributed by atoms with E-state index in [1.165, 1.54) is 0 Å². The molecule has 1 aliphatic heterocycles. The summed E-state index contributed by atoms with van der Waals surface area (Å²) in [6.07, 6.45) is 1.55. The van der Waals surface area contributed by atoms with Gasteiger partial charge in [-0.3, -0.25) is 10.8 Å². The van der Waals surface area contributed by atoms with E-state index in [4.69, 9.17) is 34.0 Å². The fourth-order valence-corrected chi connectivity index (χ4v) is 3.12. The summed E-state index contributed by atoms with van der Waals surface area (Å²) < 4.78 is 0. The second-order valence-electron chi connectivity index (χ2n) is 3.92. The Morgan fingerprint density at radius 1 is 0.882 bits per heavy atom. The van der Waals surface area contributed by atoms with Crippen LogP contribution in [0.15, 0.2) is 0 Å². The molecule has 3 N–H and O–H groups in total. The van der Waals surface area contributed by atoms with Crippen molar-refractivity contribution in [3.63, 3.8) is 0 Å². The van der Waals surface area contributed by atoms with Crippen molar-refractivity contribution in [2.45, 2.75) is 26.7 Å². The van der Waals surface area contributed by atoms with Crippen LogP contribution in [-0.2, 0) is 12.8 Å². The average molecular weight is 270 g/mol. The number of fused-ring (bicyclic) bond motifs is 1. The highest BCUT2D eigenvalue weighted by Gasteiger charge is 2.30. The predicted molar refractivity (Wildman–Crippen MR) is 72.0 cm³/mol. The summed E-state index contributed by atoms with van der Waals surface area (Å²) in [7, 11) is 0. The number of nitrogens with one attached hydrogen (secondary N) is 3. The minimum Gasteiger partial charge on any atom is -0.325 e. The van der Waals surface area contributed by atoms with Gasteiger partial charge in [-0.25, -0.2) is 0 Å². The van der Waals surface area contributed by atoms with Crippen LogP contribution in [0.1, 0.15) is 36.1 Å². The molecule has 1 aromatic rings. The normalized spacial score (nSPS) is 13.9. The Bertz CT molecular complexity index is 488. The average Bonchev–Trinajstić information content (AvgIpc) is 2.59. The van der Waals surface area contributed by atoms with E-state index in [2.05, 4.69) is 5.32 Å². The molecule has 0 bridgehead atoms. The van der Waals surface area contributed by atoms with Crippen LogP contribution in [0.4, 0.5) is 0 Å². The van der Waals surface area contributed by atoms with E-state index in [-0.39, 0.29) is 11.7 Å². The van der Waals surface area contributed by atoms with Crippen molar-refractivity contribution in [3.05, 3.63) is 32.3 Å². The fraction of sp³-hybridized carbons (Fsp3) is 0.333. The Morgan fingerprint density at radius 2 is 1.24 bits per heavy atom. The minimum absolute atomic E-state index is 0.161. The third-order valence-corrected chi connectivity index (χ3v) is 3.87. The molecule has 0 amide bonds. The molecule has 1 aromatic carbocycles. The van der Waals surface area contributed by atoms with Crippen LogP contribution < -0.4 is 5.32 Å². The lowest BCUT2D eigenvalue weighted by molar-refractivity contribution is 1.04. The summed E-state index contributed by atoms with van der Waals surface area (Å²) >= 11 is 12.7. The summed E-state index contributed by atoms with van der Waals surface area (Å²) in [5, 5.41) is 19.4. The lowest BCUT2D eigenvalue weighted by Crippen LogP contribution is -2.20. The summed E-state index contributed by atoms with van der Waals surface area (Å²) in [5.74, 6) is 0.323. The highest BCUT2D eigenvalue weighted by Crippen LogP contribution is 2.37. The zero-order valence-electron chi connectivity index (χ0n) is 9.67. The van der Waals surface area contributed by atoms with Crippen LogP contribution in [-0.4, -0.2) is 11.7 Å². The van der Waals surface area contributed by atoms with Crippen molar-refractivity contribution in [3.8, 4) is 0 Å². The van der Waals surface area contributed by atoms with Gasteiger partial charge in [0, 0.05) is 11.1 Å². The van der Waals surface area contributed by atoms with Gasteiger partial charge in [-0.2, -0.15) is 0 Å². The van der Waals surface area contributed by atoms with E-state index >= 15 is 0 Å². The summed E-state index contributed by atoms with van der Waals surface area (Å²) in [6, 6.07) is 0. The topological polar surface area (TPSA) is 59.7 Å². The number of hydrogen-bond donors (Lipinski definition) is 3. The molecule has 3 nitrogen and oxygen atoms in total. The van der Waals surface area contributed by atoms with E-state index in [1.807, 2.05) is 13.8 Å². The Labute approximate surface area is 110 Å². The molecule has 0 aliphatic carbocycles. The maximum atomic E-state index is 7.80. The largest absolute Gasteiger partial charge is 0.325 e. The van der Waals surface area contributed by atoms with Gasteiger partial charge in [0.1, 0.15) is 11.7 Å². The lowest BCUT2D eigenvalue weighted by Gasteiger charge is -2.14. The zero-order valence-corrected chi connectivity index (χ0v) is 11.2. The number of benzene rings is 1. The van der Waals surface area contributed by atoms with Crippen molar-refractivity contribution in [2.75, 3.05) is 0 Å². The third-order valence-electron chi connectivity index (χ3n) is 3.04. The van der Waals surface area contributed by atoms with Crippen molar-refractivity contribution >= 4 is 34.9 Å². The first-order valence-corrected chi connectivity index (χ1v) is 6.26. The molecular weight excluding hydrogens is 257 g/mol. The Kier molecular flexibility index (Phi) is 3.15. The van der Waals surface area contributed by atoms with Gasteiger partial charge in [0.15, 0.2) is 0 Å². The zero-order chi connectivity index (χ0) is 12.7. The number of amidine groups is 2. The van der Waals surface area contributed by atoms with Gasteiger partial charge < -0.3 is 5.32 Å². The molecule has 0 fully saturated rings. The smallest absolute Gasteiger partial charge is 0.133 e. The monoisotopic (exact) mass is 269 g/mol. The molecular formula is C12H13Cl2N3. The molecule has 0 unspecified atom stereocenters. The van der Waals surface area contributed by atoms with E-state index < -0.39 is 0 Å². The van der Waals surface area contributed by atoms with Crippen LogP contribution in [0.5, 0.6) is 0 Å². The summed E-state index contributed by atoms with van der Waals surface area (Å²) in [4.78, 5) is 0. The van der Waals surface area contributed by atoms with Gasteiger partial charge in [-0.05, 0) is 24.0 Å². The molecule has 2 rings (SSSR count). The number of rotatable bonds is 2. The Hall–Kier alpha value is -1.06. The highest BCUT2D eigenvalue weighted by atomic mass is 35.5. The maximum Gasteiger partial charge on any atom is 0.133 e. The van der Waals surface area contributed by atoms with Gasteiger partial charge in [-0.15, -0.1) is 0 Å². The van der Waals surface area contributed by atoms with Crippen molar-refractivity contribution in [1.29, 1.82) is 10.8 Å². The van der Waals surface area contributed by atoms with Gasteiger partial charge >= 0.3 is 0 Å². The quantitative estimate of drug-likeness (QED) is 0.758. The molecule has 0 spiro atoms. The van der Waals surface area contributed by atoms with Gasteiger partial charge in [0.25, 0.3) is 0 Å². The Morgan fingerprint density at radius 3 is 1.53 bits per heavy atom. The van der Waals surface area contributed by atoms with E-state index in [9.17, 15) is 0 Å². The van der Waals surface area contributed by atoms with Crippen molar-refractivity contribution < 1.29 is 0 Å². The molecule has 0 saturated carbocycles. The molecule has 5 heteroatoms. The number of hydrogen-bond acceptors (Lipinski definition) is 2. The van der Waals surface area contributed by atoms with Gasteiger partial charge in [0.2, 0.25) is 0 Å². The first kappa shape index (κ1) is 12.4. The standard InChI is InChI=1S/C12H13Cl2N3/c1-3-5-6(4-2)10(14)8-7(9(5)13)11(15)17-12(8)16/h3-4H2,1-2H3,(H3,15,16,17). The van der Waals surface area contributed by atoms with Crippen LogP contribution in [0.25, 0.3) is 0 Å². The SMILES string of the molecule is CCc1c(Cl)c2c(c(Cl)c1CC)C(=N)NC2=N. The molecule has 17 heavy (non-hydrogen) atoms. The molecule has 1 heterocycles.